The van der Waals surface area contributed by atoms with Crippen molar-refractivity contribution in [1.82, 2.24) is 41.7 Å². The van der Waals surface area contributed by atoms with E-state index in [0.717, 1.165) is 22.3 Å². The average Bonchev–Trinajstić information content (AvgIpc) is 3.98. The Morgan fingerprint density at radius 2 is 1.00 bits per heavy atom. The van der Waals surface area contributed by atoms with Gasteiger partial charge < -0.3 is 55.9 Å². The van der Waals surface area contributed by atoms with Crippen molar-refractivity contribution < 1.29 is 43.0 Å². The van der Waals surface area contributed by atoms with Gasteiger partial charge in [0.15, 0.2) is 0 Å². The van der Waals surface area contributed by atoms with E-state index < -0.39 is 59.2 Å². The number of rotatable bonds is 18. The molecule has 6 amide bonds. The lowest BCUT2D eigenvalue weighted by Crippen LogP contribution is -2.58. The molecular formula is C52H76Cl2N8O9S2. The molecule has 6 N–H and O–H groups in total. The van der Waals surface area contributed by atoms with E-state index in [2.05, 4.69) is 44.0 Å². The van der Waals surface area contributed by atoms with Gasteiger partial charge in [0.1, 0.15) is 24.2 Å². The van der Waals surface area contributed by atoms with Crippen LogP contribution in [-0.4, -0.2) is 156 Å². The summed E-state index contributed by atoms with van der Waals surface area (Å²) in [6.45, 7) is 12.7. The van der Waals surface area contributed by atoms with Gasteiger partial charge in [0.2, 0.25) is 35.4 Å². The standard InChI is InChI=1S/C52H74N8O9S2.2ClH/c1-29(53-7)45(61)55-35-17-23-70-39-27-51(3,4)43(59(39)49(35)65)47(63)57-41-33-15-11-9-13-31(33)25-37(41)68-21-19-67-20-22-69-38-26-32-14-10-12-16-34(32)42(38)58-48(64)44-52(5,6)28-40-60(44)50(66)36(18-24-71-40)56-46(62)30(2)54-8;;/h9-16,29-30,35-44,53-54H,17-28H2,1-8H3,(H,55,61)(H,56,62)(H,57,63)(H,58,64);2*1H/t29?,30?,35-,36-,37+,38+,39-,40-,41-,42-,43+,44+;;/m0../s1. The van der Waals surface area contributed by atoms with E-state index in [9.17, 15) is 28.8 Å². The maximum absolute atomic E-state index is 14.6. The predicted molar refractivity (Wildman–Crippen MR) is 288 cm³/mol. The van der Waals surface area contributed by atoms with Gasteiger partial charge in [-0.25, -0.2) is 0 Å². The van der Waals surface area contributed by atoms with E-state index in [1.807, 2.05) is 64.1 Å². The summed E-state index contributed by atoms with van der Waals surface area (Å²) in [7, 11) is 3.40. The highest BCUT2D eigenvalue weighted by molar-refractivity contribution is 8.00. The third-order valence-corrected chi connectivity index (χ3v) is 18.0. The van der Waals surface area contributed by atoms with E-state index in [1.165, 1.54) is 0 Å². The van der Waals surface area contributed by atoms with Crippen molar-refractivity contribution in [2.75, 3.05) is 52.0 Å². The van der Waals surface area contributed by atoms with Gasteiger partial charge in [-0.05, 0) is 98.2 Å². The summed E-state index contributed by atoms with van der Waals surface area (Å²) < 4.78 is 19.0. The van der Waals surface area contributed by atoms with Gasteiger partial charge in [0.25, 0.3) is 0 Å². The van der Waals surface area contributed by atoms with Gasteiger partial charge in [-0.15, -0.1) is 48.3 Å². The van der Waals surface area contributed by atoms with Crippen LogP contribution in [0.25, 0.3) is 0 Å². The van der Waals surface area contributed by atoms with E-state index in [1.54, 1.807) is 61.3 Å². The minimum absolute atomic E-state index is 0. The second-order valence-corrected chi connectivity index (χ2v) is 23.8. The first kappa shape index (κ1) is 58.6. The quantitative estimate of drug-likeness (QED) is 0.118. The summed E-state index contributed by atoms with van der Waals surface area (Å²) in [5.41, 5.74) is 3.10. The molecule has 2 unspecified atom stereocenters. The molecule has 2 aliphatic carbocycles. The lowest BCUT2D eigenvalue weighted by molar-refractivity contribution is -0.144. The number of likely N-dealkylation sites (N-methyl/N-ethyl adjacent to an activating group) is 2. The molecule has 4 fully saturated rings. The molecule has 21 heteroatoms. The van der Waals surface area contributed by atoms with Gasteiger partial charge in [0.05, 0.1) is 73.6 Å². The molecule has 0 aromatic heterocycles. The number of hydrogen-bond acceptors (Lipinski definition) is 13. The first-order valence-electron chi connectivity index (χ1n) is 25.3. The highest BCUT2D eigenvalue weighted by Gasteiger charge is 2.57. The number of benzene rings is 2. The minimum atomic E-state index is -0.741. The van der Waals surface area contributed by atoms with Gasteiger partial charge in [-0.1, -0.05) is 76.2 Å². The lowest BCUT2D eigenvalue weighted by Gasteiger charge is -2.35. The molecule has 0 spiro atoms. The van der Waals surface area contributed by atoms with Gasteiger partial charge in [-0.3, -0.25) is 28.8 Å². The first-order chi connectivity index (χ1) is 33.9. The topological polar surface area (TPSA) is 209 Å². The number of thioether (sulfide) groups is 2. The van der Waals surface area contributed by atoms with Crippen LogP contribution in [0.2, 0.25) is 0 Å². The first-order valence-corrected chi connectivity index (χ1v) is 27.4. The molecule has 0 radical (unpaired) electrons. The number of nitrogens with zero attached hydrogens (tertiary/aromatic N) is 2. The Morgan fingerprint density at radius 3 is 1.38 bits per heavy atom. The summed E-state index contributed by atoms with van der Waals surface area (Å²) in [5, 5.41) is 18.0. The molecule has 4 aliphatic heterocycles. The second-order valence-electron chi connectivity index (χ2n) is 21.3. The molecule has 0 saturated carbocycles. The summed E-state index contributed by atoms with van der Waals surface area (Å²) >= 11 is 3.33. The van der Waals surface area contributed by atoms with Crippen molar-refractivity contribution in [3.05, 3.63) is 70.8 Å². The molecule has 17 nitrogen and oxygen atoms in total. The fourth-order valence-corrected chi connectivity index (χ4v) is 14.6. The zero-order chi connectivity index (χ0) is 50.8. The Hall–Kier alpha value is -3.66. The largest absolute Gasteiger partial charge is 0.377 e. The molecule has 8 rings (SSSR count). The Kier molecular flexibility index (Phi) is 20.1. The summed E-state index contributed by atoms with van der Waals surface area (Å²) in [5.74, 6) is -0.0681. The summed E-state index contributed by atoms with van der Waals surface area (Å²) in [6, 6.07) is 11.3. The van der Waals surface area contributed by atoms with Gasteiger partial charge >= 0.3 is 0 Å². The fourth-order valence-electron chi connectivity index (χ4n) is 11.4. The predicted octanol–water partition coefficient (Wildman–Crippen LogP) is 3.81. The van der Waals surface area contributed by atoms with E-state index in [0.29, 0.717) is 50.0 Å². The van der Waals surface area contributed by atoms with Crippen LogP contribution in [0.5, 0.6) is 0 Å². The van der Waals surface area contributed by atoms with Crippen LogP contribution in [-0.2, 0) is 55.8 Å². The molecule has 2 aromatic carbocycles. The molecule has 404 valence electrons. The molecule has 6 aliphatic rings. The number of carbonyl (C=O) groups is 6. The number of halogens is 2. The highest BCUT2D eigenvalue weighted by atomic mass is 35.5. The maximum Gasteiger partial charge on any atom is 0.246 e. The number of fused-ring (bicyclic) bond motifs is 4. The van der Waals surface area contributed by atoms with Crippen LogP contribution < -0.4 is 31.9 Å². The Labute approximate surface area is 451 Å². The van der Waals surface area contributed by atoms with Crippen LogP contribution in [0.1, 0.15) is 102 Å². The smallest absolute Gasteiger partial charge is 0.246 e. The molecule has 73 heavy (non-hydrogen) atoms. The highest BCUT2D eigenvalue weighted by Crippen LogP contribution is 2.48. The van der Waals surface area contributed by atoms with E-state index in [-0.39, 0.29) is 110 Å². The van der Waals surface area contributed by atoms with Crippen molar-refractivity contribution >= 4 is 83.8 Å². The molecule has 0 bridgehead atoms. The Morgan fingerprint density at radius 1 is 0.616 bits per heavy atom. The van der Waals surface area contributed by atoms with Crippen molar-refractivity contribution in [3.63, 3.8) is 0 Å². The van der Waals surface area contributed by atoms with E-state index in [4.69, 9.17) is 14.2 Å². The van der Waals surface area contributed by atoms with Crippen molar-refractivity contribution in [2.45, 2.75) is 151 Å². The fraction of sp³-hybridized carbons (Fsp3) is 0.654. The molecular weight excluding hydrogens is 1020 g/mol. The molecule has 4 saturated heterocycles. The Bertz CT molecular complexity index is 2160. The number of carbonyl (C=O) groups excluding carboxylic acids is 6. The second kappa shape index (κ2) is 25.0. The van der Waals surface area contributed by atoms with E-state index >= 15 is 0 Å². The minimum Gasteiger partial charge on any atom is -0.377 e. The van der Waals surface area contributed by atoms with Gasteiger partial charge in [-0.2, -0.15) is 0 Å². The average molecular weight is 1090 g/mol. The number of nitrogens with one attached hydrogen (secondary N) is 6. The summed E-state index contributed by atoms with van der Waals surface area (Å²) in [4.78, 5) is 86.7. The molecule has 12 atom stereocenters. The maximum atomic E-state index is 14.6. The summed E-state index contributed by atoms with van der Waals surface area (Å²) in [6.07, 6.45) is 2.76. The van der Waals surface area contributed by atoms with Crippen LogP contribution >= 0.6 is 48.3 Å². The van der Waals surface area contributed by atoms with Crippen LogP contribution in [0, 0.1) is 10.8 Å². The zero-order valence-electron chi connectivity index (χ0n) is 43.2. The van der Waals surface area contributed by atoms with Crippen LogP contribution in [0.3, 0.4) is 0 Å². The molecule has 4 heterocycles. The van der Waals surface area contributed by atoms with Crippen LogP contribution in [0.15, 0.2) is 48.5 Å². The number of amides is 6. The third kappa shape index (κ3) is 12.6. The monoisotopic (exact) mass is 1090 g/mol. The molecule has 2 aromatic rings. The number of hydrogen-bond donors (Lipinski definition) is 6. The zero-order valence-corrected chi connectivity index (χ0v) is 46.5. The Balaban J connectivity index is 0.00000435. The van der Waals surface area contributed by atoms with Gasteiger partial charge in [0, 0.05) is 12.8 Å². The number of ether oxygens (including phenoxy) is 3. The normalized spacial score (nSPS) is 29.4. The lowest BCUT2D eigenvalue weighted by atomic mass is 9.83. The van der Waals surface area contributed by atoms with Crippen LogP contribution in [0.4, 0.5) is 0 Å². The van der Waals surface area contributed by atoms with Crippen molar-refractivity contribution in [1.29, 1.82) is 0 Å². The van der Waals surface area contributed by atoms with Crippen molar-refractivity contribution in [2.24, 2.45) is 10.8 Å². The third-order valence-electron chi connectivity index (χ3n) is 15.5. The van der Waals surface area contributed by atoms with Crippen molar-refractivity contribution in [3.8, 4) is 0 Å². The SMILES string of the molecule is CNC(C)C(=O)N[C@H]1CCS[C@H]2CC(C)(C)[C@@H](C(=O)N[C@H]3c4ccccc4C[C@H]3OCCOCCO[C@@H]3Cc4ccccc4[C@@H]3NC(=O)[C@H]3N4C(=O)[C@@H](NC(=O)C(C)NC)CCS[C@H]4CC3(C)C)N2C1=O.Cl.Cl.